The molecule has 0 aromatic heterocycles. The summed E-state index contributed by atoms with van der Waals surface area (Å²) in [5.41, 5.74) is 15.2. The quantitative estimate of drug-likeness (QED) is 0.171. The van der Waals surface area contributed by atoms with Crippen LogP contribution >= 0.6 is 0 Å². The van der Waals surface area contributed by atoms with Crippen molar-refractivity contribution in [2.75, 3.05) is 0 Å². The second-order valence-corrected chi connectivity index (χ2v) is 20.6. The van der Waals surface area contributed by atoms with Gasteiger partial charge in [-0.1, -0.05) is 0 Å². The number of hydrogen-bond donors (Lipinski definition) is 0. The van der Waals surface area contributed by atoms with E-state index in [0.29, 0.717) is 8.45 Å². The van der Waals surface area contributed by atoms with E-state index in [4.69, 9.17) is 0 Å². The monoisotopic (exact) mass is 684 g/mol. The van der Waals surface area contributed by atoms with Gasteiger partial charge in [0.2, 0.25) is 0 Å². The van der Waals surface area contributed by atoms with Crippen molar-refractivity contribution in [2.45, 2.75) is 44.6 Å². The van der Waals surface area contributed by atoms with E-state index in [0.717, 1.165) is 12.8 Å². The molecule has 1 heterocycles. The Bertz CT molecular complexity index is 2060. The normalized spacial score (nSPS) is 17.8. The van der Waals surface area contributed by atoms with Gasteiger partial charge < -0.3 is 24.8 Å². The summed E-state index contributed by atoms with van der Waals surface area (Å²) >= 11 is -2.44. The van der Waals surface area contributed by atoms with Crippen molar-refractivity contribution in [2.24, 2.45) is 0 Å². The summed E-state index contributed by atoms with van der Waals surface area (Å²) in [5, 5.41) is 5.35. The van der Waals surface area contributed by atoms with Crippen LogP contribution in [0.1, 0.15) is 57.4 Å². The van der Waals surface area contributed by atoms with Crippen LogP contribution in [-0.4, -0.2) is 0 Å². The fourth-order valence-corrected chi connectivity index (χ4v) is 19.7. The van der Waals surface area contributed by atoms with Gasteiger partial charge in [0.25, 0.3) is 0 Å². The van der Waals surface area contributed by atoms with Gasteiger partial charge in [-0.25, -0.2) is 0 Å². The molecule has 0 saturated carbocycles. The first-order valence-electron chi connectivity index (χ1n) is 16.8. The van der Waals surface area contributed by atoms with Gasteiger partial charge >= 0.3 is 272 Å². The third kappa shape index (κ3) is 4.91. The van der Waals surface area contributed by atoms with Crippen LogP contribution in [0.3, 0.4) is 0 Å². The number of rotatable bonds is 6. The van der Waals surface area contributed by atoms with Crippen molar-refractivity contribution < 1.29 is 41.4 Å². The maximum atomic E-state index is 2.63. The van der Waals surface area contributed by atoms with Crippen molar-refractivity contribution in [3.8, 4) is 22.3 Å². The molecule has 0 radical (unpaired) electrons. The molecular weight excluding hydrogens is 647 g/mol. The summed E-state index contributed by atoms with van der Waals surface area (Å²) in [6.45, 7) is 4.80. The molecule has 0 bridgehead atoms. The Morgan fingerprint density at radius 3 is 1.28 bits per heavy atom. The van der Waals surface area contributed by atoms with Crippen LogP contribution in [-0.2, 0) is 16.6 Å². The largest absolute Gasteiger partial charge is 1.00 e. The fourth-order valence-electron chi connectivity index (χ4n) is 9.18. The van der Waals surface area contributed by atoms with Gasteiger partial charge in [-0.2, -0.15) is 0 Å². The van der Waals surface area contributed by atoms with Gasteiger partial charge in [0.1, 0.15) is 0 Å². The smallest absolute Gasteiger partial charge is 1.00 e. The Labute approximate surface area is 294 Å². The van der Waals surface area contributed by atoms with Crippen LogP contribution in [0.4, 0.5) is 0 Å². The predicted molar refractivity (Wildman–Crippen MR) is 190 cm³/mol. The molecule has 2 atom stereocenters. The minimum atomic E-state index is -2.44. The molecule has 1 saturated heterocycles. The molecule has 3 heteroatoms. The van der Waals surface area contributed by atoms with E-state index in [2.05, 4.69) is 147 Å². The topological polar surface area (TPSA) is 0 Å². The molecular formula is C44H38Cl2Ti. The van der Waals surface area contributed by atoms with E-state index in [-0.39, 0.29) is 24.8 Å². The Morgan fingerprint density at radius 1 is 0.468 bits per heavy atom. The van der Waals surface area contributed by atoms with Crippen molar-refractivity contribution >= 4 is 33.7 Å². The predicted octanol–water partition coefficient (Wildman–Crippen LogP) is 6.74. The second-order valence-electron chi connectivity index (χ2n) is 13.4. The third-order valence-corrected chi connectivity index (χ3v) is 19.6. The fraction of sp³-hybridized carbons (Fsp3) is 0.182. The first kappa shape index (κ1) is 32.2. The molecule has 6 aromatic carbocycles. The van der Waals surface area contributed by atoms with Gasteiger partial charge in [0, 0.05) is 0 Å². The molecule has 0 nitrogen and oxygen atoms in total. The Kier molecular flexibility index (Phi) is 8.61. The third-order valence-electron chi connectivity index (χ3n) is 11.3. The molecule has 6 aromatic rings. The van der Waals surface area contributed by atoms with E-state index in [9.17, 15) is 0 Å². The zero-order valence-corrected chi connectivity index (χ0v) is 30.0. The number of allylic oxidation sites excluding steroid dienone is 2. The number of hydrogen-bond acceptors (Lipinski definition) is 0. The first-order chi connectivity index (χ1) is 22.2. The van der Waals surface area contributed by atoms with Crippen molar-refractivity contribution in [1.82, 2.24) is 0 Å². The molecule has 47 heavy (non-hydrogen) atoms. The molecule has 1 fully saturated rings. The van der Waals surface area contributed by atoms with E-state index in [1.807, 2.05) is 0 Å². The standard InChI is InChI=1S/2C21H17.C2H4.2ClH.Ti/c2*1-2-15-13-17-9-6-12-20(21(17)14-15)19-11-5-8-16-7-3-4-10-18(16)19;1-2;;;/h2*3-14H,2H2,1H3;1-2H2;2*1H;/q;;;;;+2/p-2. The Hall–Kier alpha value is -3.39. The van der Waals surface area contributed by atoms with Crippen molar-refractivity contribution in [3.05, 3.63) is 155 Å². The van der Waals surface area contributed by atoms with E-state index < -0.39 is 16.6 Å². The molecule has 1 aliphatic heterocycles. The summed E-state index contributed by atoms with van der Waals surface area (Å²) in [7, 11) is 0. The van der Waals surface area contributed by atoms with Gasteiger partial charge in [-0.3, -0.25) is 0 Å². The molecule has 232 valence electrons. The average molecular weight is 686 g/mol. The van der Waals surface area contributed by atoms with Crippen LogP contribution < -0.4 is 24.8 Å². The van der Waals surface area contributed by atoms with Crippen molar-refractivity contribution in [3.63, 3.8) is 0 Å². The second kappa shape index (κ2) is 12.6. The van der Waals surface area contributed by atoms with E-state index >= 15 is 0 Å². The maximum absolute atomic E-state index is 2.63. The Balaban J connectivity index is 0.00000176. The minimum Gasteiger partial charge on any atom is -1.00 e. The summed E-state index contributed by atoms with van der Waals surface area (Å²) in [6.07, 6.45) is 7.53. The molecule has 0 spiro atoms. The summed E-state index contributed by atoms with van der Waals surface area (Å²) in [5.74, 6) is 0. The number of halogens is 2. The summed E-state index contributed by atoms with van der Waals surface area (Å²) in [4.78, 5) is 0. The summed E-state index contributed by atoms with van der Waals surface area (Å²) in [6, 6.07) is 45.8. The zero-order valence-electron chi connectivity index (χ0n) is 26.9. The van der Waals surface area contributed by atoms with Gasteiger partial charge in [-0.15, -0.1) is 0 Å². The van der Waals surface area contributed by atoms with Crippen LogP contribution in [0.2, 0.25) is 9.45 Å². The molecule has 2 unspecified atom stereocenters. The van der Waals surface area contributed by atoms with Crippen molar-refractivity contribution in [1.29, 1.82) is 0 Å². The van der Waals surface area contributed by atoms with Crippen LogP contribution in [0.5, 0.6) is 0 Å². The molecule has 0 N–H and O–H groups in total. The van der Waals surface area contributed by atoms with Gasteiger partial charge in [-0.05, 0) is 0 Å². The summed E-state index contributed by atoms with van der Waals surface area (Å²) < 4.78 is 4.24. The van der Waals surface area contributed by atoms with Crippen LogP contribution in [0.25, 0.3) is 56.0 Å². The molecule has 0 amide bonds. The molecule has 3 aliphatic rings. The zero-order chi connectivity index (χ0) is 30.1. The average Bonchev–Trinajstić information content (AvgIpc) is 3.63. The van der Waals surface area contributed by atoms with Gasteiger partial charge in [0.05, 0.1) is 0 Å². The first-order valence-corrected chi connectivity index (χ1v) is 20.9. The molecule has 9 rings (SSSR count). The minimum absolute atomic E-state index is 0. The SMILES string of the molecule is CCC1=Cc2c(-c3cccc4ccccc34)cccc2[CH]1[Ti+2]1([CH]2C(CC)=Cc3c(-c4cccc5ccccc45)cccc32)[CH2][CH2]1.[Cl-].[Cl-]. The van der Waals surface area contributed by atoms with Gasteiger partial charge in [0.15, 0.2) is 0 Å². The van der Waals surface area contributed by atoms with Crippen LogP contribution in [0, 0.1) is 0 Å². The maximum Gasteiger partial charge on any atom is -1.00 e. The van der Waals surface area contributed by atoms with Crippen LogP contribution in [0.15, 0.2) is 132 Å². The van der Waals surface area contributed by atoms with E-state index in [1.165, 1.54) is 64.4 Å². The molecule has 2 aliphatic carbocycles. The Morgan fingerprint density at radius 2 is 0.851 bits per heavy atom. The number of fused-ring (bicyclic) bond motifs is 4. The van der Waals surface area contributed by atoms with E-state index in [1.54, 1.807) is 22.3 Å². The number of benzene rings is 6.